The largest absolute Gasteiger partial charge is 0.314 e. The molecule has 4 heteroatoms. The average Bonchev–Trinajstić information content (AvgIpc) is 2.73. The monoisotopic (exact) mass is 265 g/mol. The van der Waals surface area contributed by atoms with E-state index in [2.05, 4.69) is 24.1 Å². The van der Waals surface area contributed by atoms with Crippen molar-refractivity contribution in [2.45, 2.75) is 39.2 Å². The lowest BCUT2D eigenvalue weighted by atomic mass is 9.86. The van der Waals surface area contributed by atoms with Crippen LogP contribution < -0.4 is 5.32 Å². The van der Waals surface area contributed by atoms with Crippen LogP contribution in [0.4, 0.5) is 0 Å². The van der Waals surface area contributed by atoms with E-state index >= 15 is 0 Å². The van der Waals surface area contributed by atoms with Crippen LogP contribution in [0.5, 0.6) is 0 Å². The van der Waals surface area contributed by atoms with Gasteiger partial charge in [-0.2, -0.15) is 0 Å². The summed E-state index contributed by atoms with van der Waals surface area (Å²) < 4.78 is 0. The van der Waals surface area contributed by atoms with Crippen LogP contribution in [0, 0.1) is 5.92 Å². The van der Waals surface area contributed by atoms with E-state index in [4.69, 9.17) is 4.98 Å². The van der Waals surface area contributed by atoms with Gasteiger partial charge in [-0.3, -0.25) is 4.90 Å². The Labute approximate surface area is 114 Å². The Bertz CT molecular complexity index is 409. The number of nitrogens with one attached hydrogen (secondary N) is 1. The highest BCUT2D eigenvalue weighted by molar-refractivity contribution is 7.11. The minimum Gasteiger partial charge on any atom is -0.314 e. The molecule has 2 heterocycles. The Morgan fingerprint density at radius 1 is 1.33 bits per heavy atom. The maximum Gasteiger partial charge on any atom is 0.107 e. The Morgan fingerprint density at radius 3 is 2.89 bits per heavy atom. The molecule has 3 rings (SSSR count). The van der Waals surface area contributed by atoms with Crippen molar-refractivity contribution in [1.82, 2.24) is 15.2 Å². The maximum absolute atomic E-state index is 4.90. The lowest BCUT2D eigenvalue weighted by Crippen LogP contribution is -2.42. The number of aromatic nitrogens is 1. The molecule has 0 amide bonds. The molecule has 2 aliphatic rings. The first-order chi connectivity index (χ1) is 8.72. The molecule has 0 radical (unpaired) electrons. The second-order valence-electron chi connectivity index (χ2n) is 5.89. The van der Waals surface area contributed by atoms with Crippen LogP contribution in [0.2, 0.25) is 0 Å². The zero-order chi connectivity index (χ0) is 12.5. The molecule has 1 saturated heterocycles. The van der Waals surface area contributed by atoms with Crippen LogP contribution in [-0.4, -0.2) is 36.1 Å². The highest BCUT2D eigenvalue weighted by Gasteiger charge is 2.26. The standard InChI is InChI=1S/C14H23N3S/c1-10-7-11(2)14-12(8-10)16-13(18-14)9-17-5-3-15-4-6-17/h10-11,15H,3-9H2,1-2H3. The first-order valence-corrected chi connectivity index (χ1v) is 7.95. The lowest BCUT2D eigenvalue weighted by molar-refractivity contribution is 0.233. The topological polar surface area (TPSA) is 28.2 Å². The van der Waals surface area contributed by atoms with Crippen molar-refractivity contribution in [3.8, 4) is 0 Å². The van der Waals surface area contributed by atoms with Crippen molar-refractivity contribution in [3.05, 3.63) is 15.6 Å². The predicted molar refractivity (Wildman–Crippen MR) is 76.2 cm³/mol. The van der Waals surface area contributed by atoms with E-state index in [9.17, 15) is 0 Å². The first-order valence-electron chi connectivity index (χ1n) is 7.14. The van der Waals surface area contributed by atoms with Gasteiger partial charge in [0.2, 0.25) is 0 Å². The van der Waals surface area contributed by atoms with E-state index in [0.29, 0.717) is 0 Å². The molecular weight excluding hydrogens is 242 g/mol. The summed E-state index contributed by atoms with van der Waals surface area (Å²) in [5.74, 6) is 1.53. The van der Waals surface area contributed by atoms with Gasteiger partial charge >= 0.3 is 0 Å². The fourth-order valence-electron chi connectivity index (χ4n) is 3.20. The van der Waals surface area contributed by atoms with E-state index in [-0.39, 0.29) is 0 Å². The van der Waals surface area contributed by atoms with Gasteiger partial charge in [0.05, 0.1) is 12.2 Å². The molecule has 1 aromatic heterocycles. The quantitative estimate of drug-likeness (QED) is 0.889. The average molecular weight is 265 g/mol. The third kappa shape index (κ3) is 2.60. The summed E-state index contributed by atoms with van der Waals surface area (Å²) in [5.41, 5.74) is 1.40. The zero-order valence-electron chi connectivity index (χ0n) is 11.4. The number of nitrogens with zero attached hydrogens (tertiary/aromatic N) is 2. The number of rotatable bonds is 2. The van der Waals surface area contributed by atoms with E-state index in [1.807, 2.05) is 11.3 Å². The summed E-state index contributed by atoms with van der Waals surface area (Å²) >= 11 is 1.97. The lowest BCUT2D eigenvalue weighted by Gasteiger charge is -2.26. The third-order valence-electron chi connectivity index (χ3n) is 4.09. The van der Waals surface area contributed by atoms with Crippen molar-refractivity contribution in [2.75, 3.05) is 26.2 Å². The van der Waals surface area contributed by atoms with Gasteiger partial charge in [0, 0.05) is 31.1 Å². The van der Waals surface area contributed by atoms with Crippen LogP contribution in [0.3, 0.4) is 0 Å². The second kappa shape index (κ2) is 5.27. The molecule has 1 aliphatic carbocycles. The Morgan fingerprint density at radius 2 is 2.11 bits per heavy atom. The molecule has 2 unspecified atom stereocenters. The fourth-order valence-corrected chi connectivity index (χ4v) is 4.40. The number of fused-ring (bicyclic) bond motifs is 1. The SMILES string of the molecule is CC1Cc2nc(CN3CCNCC3)sc2C(C)C1. The molecule has 0 bridgehead atoms. The van der Waals surface area contributed by atoms with Crippen LogP contribution in [-0.2, 0) is 13.0 Å². The highest BCUT2D eigenvalue weighted by Crippen LogP contribution is 2.38. The zero-order valence-corrected chi connectivity index (χ0v) is 12.2. The van der Waals surface area contributed by atoms with Gasteiger partial charge in [-0.1, -0.05) is 13.8 Å². The minimum atomic E-state index is 0.720. The first kappa shape index (κ1) is 12.6. The molecule has 100 valence electrons. The summed E-state index contributed by atoms with van der Waals surface area (Å²) in [6, 6.07) is 0. The van der Waals surface area contributed by atoms with E-state index in [1.165, 1.54) is 23.5 Å². The Kier molecular flexibility index (Phi) is 3.68. The summed E-state index contributed by atoms with van der Waals surface area (Å²) in [7, 11) is 0. The summed E-state index contributed by atoms with van der Waals surface area (Å²) in [6.45, 7) is 10.3. The summed E-state index contributed by atoms with van der Waals surface area (Å²) in [5, 5.41) is 4.74. The molecule has 0 saturated carbocycles. The number of hydrogen-bond donors (Lipinski definition) is 1. The fraction of sp³-hybridized carbons (Fsp3) is 0.786. The Balaban J connectivity index is 1.72. The molecule has 1 fully saturated rings. The smallest absolute Gasteiger partial charge is 0.107 e. The van der Waals surface area contributed by atoms with Gasteiger partial charge in [-0.25, -0.2) is 4.98 Å². The van der Waals surface area contributed by atoms with Crippen molar-refractivity contribution < 1.29 is 0 Å². The van der Waals surface area contributed by atoms with Crippen LogP contribution in [0.25, 0.3) is 0 Å². The molecule has 0 aromatic carbocycles. The van der Waals surface area contributed by atoms with Crippen LogP contribution in [0.15, 0.2) is 0 Å². The molecule has 18 heavy (non-hydrogen) atoms. The van der Waals surface area contributed by atoms with Gasteiger partial charge in [0.15, 0.2) is 0 Å². The second-order valence-corrected chi connectivity index (χ2v) is 7.01. The molecule has 1 N–H and O–H groups in total. The van der Waals surface area contributed by atoms with Gasteiger partial charge in [0.1, 0.15) is 5.01 Å². The third-order valence-corrected chi connectivity index (χ3v) is 5.40. The van der Waals surface area contributed by atoms with Crippen molar-refractivity contribution in [1.29, 1.82) is 0 Å². The molecule has 2 atom stereocenters. The number of thiazole rings is 1. The molecule has 3 nitrogen and oxygen atoms in total. The van der Waals surface area contributed by atoms with Crippen molar-refractivity contribution in [3.63, 3.8) is 0 Å². The summed E-state index contributed by atoms with van der Waals surface area (Å²) in [6.07, 6.45) is 2.53. The molecule has 1 aliphatic heterocycles. The molecule has 0 spiro atoms. The number of hydrogen-bond acceptors (Lipinski definition) is 4. The van der Waals surface area contributed by atoms with E-state index in [1.54, 1.807) is 4.88 Å². The van der Waals surface area contributed by atoms with Gasteiger partial charge < -0.3 is 5.32 Å². The van der Waals surface area contributed by atoms with E-state index in [0.717, 1.165) is 44.6 Å². The van der Waals surface area contributed by atoms with Gasteiger partial charge in [0.25, 0.3) is 0 Å². The van der Waals surface area contributed by atoms with Crippen LogP contribution in [0.1, 0.15) is 41.8 Å². The predicted octanol–water partition coefficient (Wildman–Crippen LogP) is 2.23. The highest BCUT2D eigenvalue weighted by atomic mass is 32.1. The van der Waals surface area contributed by atoms with Gasteiger partial charge in [-0.15, -0.1) is 11.3 Å². The Hall–Kier alpha value is -0.450. The maximum atomic E-state index is 4.90. The normalized spacial score (nSPS) is 29.2. The summed E-state index contributed by atoms with van der Waals surface area (Å²) in [4.78, 5) is 8.99. The van der Waals surface area contributed by atoms with Crippen LogP contribution >= 0.6 is 11.3 Å². The minimum absolute atomic E-state index is 0.720. The van der Waals surface area contributed by atoms with E-state index < -0.39 is 0 Å². The van der Waals surface area contributed by atoms with Crippen molar-refractivity contribution >= 4 is 11.3 Å². The molecular formula is C14H23N3S. The number of piperazine rings is 1. The van der Waals surface area contributed by atoms with Crippen molar-refractivity contribution in [2.24, 2.45) is 5.92 Å². The van der Waals surface area contributed by atoms with Gasteiger partial charge in [-0.05, 0) is 24.7 Å². The molecule has 1 aromatic rings.